The molecule has 1 heteroatoms. The van der Waals surface area contributed by atoms with E-state index in [2.05, 4.69) is 213 Å². The van der Waals surface area contributed by atoms with E-state index in [4.69, 9.17) is 0 Å². The second-order valence-corrected chi connectivity index (χ2v) is 15.9. The van der Waals surface area contributed by atoms with Crippen LogP contribution in [-0.4, -0.2) is 0 Å². The highest BCUT2D eigenvalue weighted by atomic mass is 15.2. The third kappa shape index (κ3) is 5.84. The van der Waals surface area contributed by atoms with Gasteiger partial charge in [0.1, 0.15) is 0 Å². The van der Waals surface area contributed by atoms with Crippen molar-refractivity contribution in [2.75, 3.05) is 4.90 Å². The van der Waals surface area contributed by atoms with E-state index in [0.29, 0.717) is 5.92 Å². The fraction of sp³-hybridized carbons (Fsp3) is 0.143. The van der Waals surface area contributed by atoms with Crippen LogP contribution in [0.25, 0.3) is 39.0 Å². The minimum absolute atomic E-state index is 0.419. The summed E-state index contributed by atoms with van der Waals surface area (Å²) in [6, 6.07) is 63.6. The van der Waals surface area contributed by atoms with E-state index in [1.54, 1.807) is 0 Å². The Kier molecular flexibility index (Phi) is 8.95. The van der Waals surface area contributed by atoms with Crippen molar-refractivity contribution in [1.29, 1.82) is 0 Å². The van der Waals surface area contributed by atoms with Crippen LogP contribution < -0.4 is 4.90 Å². The van der Waals surface area contributed by atoms with Crippen molar-refractivity contribution in [3.8, 4) is 33.4 Å². The van der Waals surface area contributed by atoms with Gasteiger partial charge in [0, 0.05) is 5.70 Å². The highest BCUT2D eigenvalue weighted by Gasteiger charge is 2.51. The van der Waals surface area contributed by atoms with Gasteiger partial charge in [-0.2, -0.15) is 0 Å². The van der Waals surface area contributed by atoms with E-state index in [-0.39, 0.29) is 0 Å². The topological polar surface area (TPSA) is 3.24 Å². The Morgan fingerprint density at radius 1 is 0.596 bits per heavy atom. The first-order chi connectivity index (χ1) is 28.1. The number of para-hydroxylation sites is 2. The fourth-order valence-electron chi connectivity index (χ4n) is 9.79. The molecule has 0 bridgehead atoms. The first-order valence-electron chi connectivity index (χ1n) is 20.7. The van der Waals surface area contributed by atoms with Crippen LogP contribution in [0.5, 0.6) is 0 Å². The van der Waals surface area contributed by atoms with Gasteiger partial charge in [-0.05, 0) is 128 Å². The molecule has 7 aromatic rings. The first kappa shape index (κ1) is 35.0. The van der Waals surface area contributed by atoms with E-state index >= 15 is 0 Å². The van der Waals surface area contributed by atoms with Gasteiger partial charge >= 0.3 is 0 Å². The van der Waals surface area contributed by atoms with Crippen LogP contribution in [0, 0.1) is 5.92 Å². The molecule has 1 spiro atoms. The lowest BCUT2D eigenvalue weighted by Gasteiger charge is -2.45. The molecule has 0 saturated heterocycles. The summed E-state index contributed by atoms with van der Waals surface area (Å²) in [5.74, 6) is 0.471. The van der Waals surface area contributed by atoms with E-state index < -0.39 is 5.41 Å². The number of nitrogens with zero attached hydrogens (tertiary/aromatic N) is 1. The summed E-state index contributed by atoms with van der Waals surface area (Å²) < 4.78 is 0. The molecule has 57 heavy (non-hydrogen) atoms. The average molecular weight is 734 g/mol. The lowest BCUT2D eigenvalue weighted by Crippen LogP contribution is -2.37. The number of anilines is 2. The quantitative estimate of drug-likeness (QED) is 0.150. The second-order valence-electron chi connectivity index (χ2n) is 15.9. The lowest BCUT2D eigenvalue weighted by molar-refractivity contribution is 0.716. The van der Waals surface area contributed by atoms with E-state index in [9.17, 15) is 0 Å². The molecule has 1 atom stereocenters. The number of rotatable bonds is 8. The van der Waals surface area contributed by atoms with Crippen LogP contribution in [-0.2, 0) is 11.8 Å². The second kappa shape index (κ2) is 14.6. The predicted molar refractivity (Wildman–Crippen MR) is 241 cm³/mol. The normalized spacial score (nSPS) is 15.4. The molecule has 2 aliphatic carbocycles. The van der Waals surface area contributed by atoms with Gasteiger partial charge < -0.3 is 4.90 Å². The van der Waals surface area contributed by atoms with Gasteiger partial charge in [0.05, 0.1) is 16.8 Å². The van der Waals surface area contributed by atoms with Crippen LogP contribution in [0.15, 0.2) is 200 Å². The molecule has 0 aromatic heterocycles. The standard InChI is InChI=1S/C56H47N/c1-3-39(2)47(43-32-30-42(31-33-43)41-18-6-4-7-19-41)35-29-40-17-16-20-44(37-40)45-34-36-51-49(38-45)48-23-10-11-24-50(48)56(51)52-25-12-14-27-54(52)57(46-21-8-5-9-22-46)55-28-15-13-26-53(55)56/h4-8,10-21,23-28,30-39H,3,9,22,29H2,1-2H3/b47-35+/t39-/m1/s1. The molecule has 0 saturated carbocycles. The maximum absolute atomic E-state index is 2.53. The molecule has 1 heterocycles. The van der Waals surface area contributed by atoms with Crippen LogP contribution in [0.2, 0.25) is 0 Å². The molecule has 7 aromatic carbocycles. The highest BCUT2D eigenvalue weighted by Crippen LogP contribution is 2.63. The molecule has 3 aliphatic rings. The Hall–Kier alpha value is -6.44. The van der Waals surface area contributed by atoms with Crippen LogP contribution in [0.4, 0.5) is 11.4 Å². The molecule has 276 valence electrons. The predicted octanol–water partition coefficient (Wildman–Crippen LogP) is 14.7. The van der Waals surface area contributed by atoms with Gasteiger partial charge in [-0.15, -0.1) is 0 Å². The van der Waals surface area contributed by atoms with Crippen molar-refractivity contribution < 1.29 is 0 Å². The summed E-state index contributed by atoms with van der Waals surface area (Å²) in [7, 11) is 0. The van der Waals surface area contributed by atoms with Gasteiger partial charge in [-0.1, -0.05) is 184 Å². The number of allylic oxidation sites excluding steroid dienone is 6. The largest absolute Gasteiger partial charge is 0.314 e. The monoisotopic (exact) mass is 733 g/mol. The summed E-state index contributed by atoms with van der Waals surface area (Å²) in [4.78, 5) is 2.53. The van der Waals surface area contributed by atoms with Gasteiger partial charge in [-0.25, -0.2) is 0 Å². The zero-order valence-corrected chi connectivity index (χ0v) is 32.8. The maximum atomic E-state index is 2.53. The summed E-state index contributed by atoms with van der Waals surface area (Å²) in [6.45, 7) is 4.65. The van der Waals surface area contributed by atoms with Crippen molar-refractivity contribution >= 4 is 16.9 Å². The zero-order chi connectivity index (χ0) is 38.3. The van der Waals surface area contributed by atoms with E-state index in [0.717, 1.165) is 25.7 Å². The molecular formula is C56H47N. The van der Waals surface area contributed by atoms with E-state index in [1.807, 2.05) is 0 Å². The Balaban J connectivity index is 1.04. The first-order valence-corrected chi connectivity index (χ1v) is 20.7. The van der Waals surface area contributed by atoms with Crippen LogP contribution in [0.1, 0.15) is 66.5 Å². The minimum atomic E-state index is -0.419. The van der Waals surface area contributed by atoms with Gasteiger partial charge in [-0.3, -0.25) is 0 Å². The molecular weight excluding hydrogens is 687 g/mol. The van der Waals surface area contributed by atoms with Crippen LogP contribution >= 0.6 is 0 Å². The molecule has 0 fully saturated rings. The smallest absolute Gasteiger partial charge is 0.0754 e. The SMILES string of the molecule is CC[C@@H](C)/C(=C\Cc1cccc(-c2ccc3c(c2)-c2ccccc2C32c3ccccc3N(C3=CC=CCC3)c3ccccc32)c1)c1ccc(-c2ccccc2)cc1. The molecule has 0 radical (unpaired) electrons. The summed E-state index contributed by atoms with van der Waals surface area (Å²) in [5, 5.41) is 0. The average Bonchev–Trinajstić information content (AvgIpc) is 3.57. The van der Waals surface area contributed by atoms with Crippen LogP contribution in [0.3, 0.4) is 0 Å². The van der Waals surface area contributed by atoms with Gasteiger partial charge in [0.15, 0.2) is 0 Å². The van der Waals surface area contributed by atoms with Gasteiger partial charge in [0.25, 0.3) is 0 Å². The molecule has 0 unspecified atom stereocenters. The Labute approximate surface area is 338 Å². The third-order valence-corrected chi connectivity index (χ3v) is 12.7. The van der Waals surface area contributed by atoms with Crippen molar-refractivity contribution in [2.24, 2.45) is 5.92 Å². The number of hydrogen-bond donors (Lipinski definition) is 0. The molecule has 10 rings (SSSR count). The maximum Gasteiger partial charge on any atom is 0.0754 e. The lowest BCUT2D eigenvalue weighted by atomic mass is 9.64. The number of fused-ring (bicyclic) bond motifs is 9. The summed E-state index contributed by atoms with van der Waals surface area (Å²) >= 11 is 0. The fourth-order valence-corrected chi connectivity index (χ4v) is 9.79. The summed E-state index contributed by atoms with van der Waals surface area (Å²) in [6.07, 6.45) is 13.3. The minimum Gasteiger partial charge on any atom is -0.314 e. The molecule has 0 amide bonds. The van der Waals surface area contributed by atoms with Crippen molar-refractivity contribution in [3.05, 3.63) is 233 Å². The van der Waals surface area contributed by atoms with E-state index in [1.165, 1.54) is 89.4 Å². The van der Waals surface area contributed by atoms with Crippen molar-refractivity contribution in [2.45, 2.75) is 44.9 Å². The zero-order valence-electron chi connectivity index (χ0n) is 32.8. The van der Waals surface area contributed by atoms with Crippen molar-refractivity contribution in [1.82, 2.24) is 0 Å². The number of benzene rings is 7. The number of hydrogen-bond acceptors (Lipinski definition) is 1. The Bertz CT molecular complexity index is 2660. The Morgan fingerprint density at radius 3 is 1.93 bits per heavy atom. The molecule has 1 aliphatic heterocycles. The van der Waals surface area contributed by atoms with Crippen molar-refractivity contribution in [3.63, 3.8) is 0 Å². The summed E-state index contributed by atoms with van der Waals surface area (Å²) in [5.41, 5.74) is 20.6. The third-order valence-electron chi connectivity index (χ3n) is 12.7. The molecule has 0 N–H and O–H groups in total. The molecule has 1 nitrogen and oxygen atoms in total. The highest BCUT2D eigenvalue weighted by molar-refractivity contribution is 5.95. The Morgan fingerprint density at radius 2 is 1.21 bits per heavy atom. The van der Waals surface area contributed by atoms with Gasteiger partial charge in [0.2, 0.25) is 0 Å².